The smallest absolute Gasteiger partial charge is 0.246 e. The number of fused-ring (bicyclic) bond motifs is 1. The van der Waals surface area contributed by atoms with E-state index in [4.69, 9.17) is 0 Å². The maximum Gasteiger partial charge on any atom is 0.246 e. The van der Waals surface area contributed by atoms with Crippen molar-refractivity contribution in [3.05, 3.63) is 71.8 Å². The lowest BCUT2D eigenvalue weighted by molar-refractivity contribution is -0.171. The Kier molecular flexibility index (Phi) is 6.00. The predicted octanol–water partition coefficient (Wildman–Crippen LogP) is 3.40. The number of nitrogens with zero attached hydrogens (tertiary/aromatic N) is 1. The Morgan fingerprint density at radius 3 is 2.42 bits per heavy atom. The highest BCUT2D eigenvalue weighted by molar-refractivity contribution is 5.96. The van der Waals surface area contributed by atoms with Crippen LogP contribution in [0.15, 0.2) is 60.7 Å². The minimum Gasteiger partial charge on any atom is -0.350 e. The van der Waals surface area contributed by atoms with Crippen LogP contribution in [0.3, 0.4) is 0 Å². The topological polar surface area (TPSA) is 61.4 Å². The first-order chi connectivity index (χ1) is 16.0. The lowest BCUT2D eigenvalue weighted by Crippen LogP contribution is -2.80. The molecule has 5 atom stereocenters. The molecule has 33 heavy (non-hydrogen) atoms. The van der Waals surface area contributed by atoms with E-state index in [0.717, 1.165) is 37.9 Å². The third-order valence-electron chi connectivity index (χ3n) is 7.96. The van der Waals surface area contributed by atoms with Gasteiger partial charge in [-0.05, 0) is 48.8 Å². The third kappa shape index (κ3) is 4.08. The number of nitrogens with one attached hydrogen (secondary N) is 2. The van der Waals surface area contributed by atoms with Crippen molar-refractivity contribution in [2.75, 3.05) is 13.1 Å². The van der Waals surface area contributed by atoms with E-state index in [1.165, 1.54) is 5.56 Å². The van der Waals surface area contributed by atoms with Crippen molar-refractivity contribution in [3.63, 3.8) is 0 Å². The van der Waals surface area contributed by atoms with Gasteiger partial charge in [0.2, 0.25) is 11.8 Å². The van der Waals surface area contributed by atoms with E-state index in [2.05, 4.69) is 53.6 Å². The molecule has 2 amide bonds. The summed E-state index contributed by atoms with van der Waals surface area (Å²) in [6, 6.07) is 20.5. The second kappa shape index (κ2) is 8.94. The molecule has 5 heteroatoms. The number of hydrogen-bond donors (Lipinski definition) is 2. The predicted molar refractivity (Wildman–Crippen MR) is 129 cm³/mol. The zero-order chi connectivity index (χ0) is 23.0. The van der Waals surface area contributed by atoms with Gasteiger partial charge in [-0.1, -0.05) is 74.5 Å². The number of likely N-dealkylation sites (tertiary alicyclic amines) is 1. The lowest BCUT2D eigenvalue weighted by atomic mass is 9.53. The fraction of sp³-hybridized carbons (Fsp3) is 0.500. The normalized spacial score (nSPS) is 30.8. The molecule has 3 aliphatic heterocycles. The average Bonchev–Trinajstić information content (AvgIpc) is 2.82. The van der Waals surface area contributed by atoms with Crippen LogP contribution in [0.2, 0.25) is 0 Å². The van der Waals surface area contributed by atoms with Gasteiger partial charge in [0.05, 0.1) is 5.92 Å². The van der Waals surface area contributed by atoms with Gasteiger partial charge >= 0.3 is 0 Å². The largest absolute Gasteiger partial charge is 0.350 e. The SMILES string of the molecule is CC(C)CN1CCC2CC3(C(=O)NCc4ccccc4)NC(=O)C2C1C3Cc1ccccc1. The molecule has 2 N–H and O–H groups in total. The summed E-state index contributed by atoms with van der Waals surface area (Å²) in [4.78, 5) is 29.8. The van der Waals surface area contributed by atoms with E-state index in [0.29, 0.717) is 12.5 Å². The van der Waals surface area contributed by atoms with Gasteiger partial charge in [0.25, 0.3) is 0 Å². The van der Waals surface area contributed by atoms with Gasteiger partial charge in [0, 0.05) is 25.0 Å². The van der Waals surface area contributed by atoms with E-state index in [-0.39, 0.29) is 35.6 Å². The van der Waals surface area contributed by atoms with Crippen molar-refractivity contribution in [3.8, 4) is 0 Å². The minimum atomic E-state index is -0.860. The molecular weight excluding hydrogens is 410 g/mol. The van der Waals surface area contributed by atoms with Crippen molar-refractivity contribution < 1.29 is 9.59 Å². The quantitative estimate of drug-likeness (QED) is 0.687. The molecule has 0 aromatic heterocycles. The Bertz CT molecular complexity index is 993. The Labute approximate surface area is 196 Å². The van der Waals surface area contributed by atoms with Crippen LogP contribution in [0.25, 0.3) is 0 Å². The van der Waals surface area contributed by atoms with Crippen LogP contribution in [-0.2, 0) is 22.6 Å². The average molecular weight is 446 g/mol. The summed E-state index contributed by atoms with van der Waals surface area (Å²) in [6.07, 6.45) is 2.53. The summed E-state index contributed by atoms with van der Waals surface area (Å²) in [5.74, 6) is 0.875. The fourth-order valence-corrected chi connectivity index (χ4v) is 6.67. The number of amides is 2. The molecule has 1 aliphatic carbocycles. The van der Waals surface area contributed by atoms with Crippen LogP contribution < -0.4 is 10.6 Å². The van der Waals surface area contributed by atoms with Crippen LogP contribution in [0, 0.1) is 23.7 Å². The van der Waals surface area contributed by atoms with Crippen molar-refractivity contribution in [2.24, 2.45) is 23.7 Å². The van der Waals surface area contributed by atoms with Gasteiger partial charge in [-0.3, -0.25) is 14.5 Å². The van der Waals surface area contributed by atoms with Crippen LogP contribution in [0.4, 0.5) is 0 Å². The highest BCUT2D eigenvalue weighted by Crippen LogP contribution is 2.52. The number of hydrogen-bond acceptors (Lipinski definition) is 3. The number of rotatable bonds is 7. The Balaban J connectivity index is 1.50. The Hall–Kier alpha value is -2.66. The Morgan fingerprint density at radius 1 is 1.09 bits per heavy atom. The maximum absolute atomic E-state index is 13.9. The van der Waals surface area contributed by atoms with Gasteiger partial charge in [0.1, 0.15) is 5.54 Å². The summed E-state index contributed by atoms with van der Waals surface area (Å²) in [5, 5.41) is 6.45. The molecule has 3 saturated heterocycles. The highest BCUT2D eigenvalue weighted by atomic mass is 16.2. The van der Waals surface area contributed by atoms with E-state index in [1.54, 1.807) is 0 Å². The summed E-state index contributed by atoms with van der Waals surface area (Å²) >= 11 is 0. The molecule has 2 aromatic rings. The van der Waals surface area contributed by atoms with Crippen molar-refractivity contribution in [2.45, 2.75) is 51.2 Å². The number of piperidine rings is 3. The maximum atomic E-state index is 13.9. The summed E-state index contributed by atoms with van der Waals surface area (Å²) < 4.78 is 0. The van der Waals surface area contributed by atoms with Crippen LogP contribution >= 0.6 is 0 Å². The summed E-state index contributed by atoms with van der Waals surface area (Å²) in [6.45, 7) is 6.94. The van der Waals surface area contributed by atoms with Gasteiger partial charge < -0.3 is 10.6 Å². The molecule has 6 rings (SSSR count). The number of carbonyl (C=O) groups excluding carboxylic acids is 2. The van der Waals surface area contributed by atoms with Gasteiger partial charge in [0.15, 0.2) is 0 Å². The third-order valence-corrected chi connectivity index (χ3v) is 7.96. The van der Waals surface area contributed by atoms with Crippen LogP contribution in [-0.4, -0.2) is 41.4 Å². The van der Waals surface area contributed by atoms with E-state index >= 15 is 0 Å². The Morgan fingerprint density at radius 2 is 1.76 bits per heavy atom. The minimum absolute atomic E-state index is 0.0185. The van der Waals surface area contributed by atoms with Gasteiger partial charge in [-0.25, -0.2) is 0 Å². The monoisotopic (exact) mass is 445 g/mol. The molecular formula is C28H35N3O2. The molecule has 0 radical (unpaired) electrons. The molecule has 174 valence electrons. The molecule has 4 aliphatic rings. The first-order valence-corrected chi connectivity index (χ1v) is 12.4. The zero-order valence-corrected chi connectivity index (χ0v) is 19.7. The zero-order valence-electron chi connectivity index (χ0n) is 19.7. The second-order valence-corrected chi connectivity index (χ2v) is 10.6. The van der Waals surface area contributed by atoms with E-state index in [1.807, 2.05) is 36.4 Å². The number of benzene rings is 2. The first-order valence-electron chi connectivity index (χ1n) is 12.4. The molecule has 4 bridgehead atoms. The lowest BCUT2D eigenvalue weighted by Gasteiger charge is -2.63. The molecule has 5 unspecified atom stereocenters. The number of carbonyl (C=O) groups is 2. The standard InChI is InChI=1S/C28H35N3O2/c1-19(2)18-31-14-13-22-16-28(27(33)29-17-21-11-7-4-8-12-21)23(15-20-9-5-3-6-10-20)25(31)24(22)26(32)30-28/h3-12,19,22-25H,13-18H2,1-2H3,(H,29,33)(H,30,32). The van der Waals surface area contributed by atoms with Crippen molar-refractivity contribution >= 4 is 11.8 Å². The molecule has 1 saturated carbocycles. The molecule has 2 aromatic carbocycles. The molecule has 3 heterocycles. The van der Waals surface area contributed by atoms with Crippen molar-refractivity contribution in [1.29, 1.82) is 0 Å². The molecule has 4 fully saturated rings. The molecule has 5 nitrogen and oxygen atoms in total. The van der Waals surface area contributed by atoms with E-state index in [9.17, 15) is 9.59 Å². The van der Waals surface area contributed by atoms with Gasteiger partial charge in [-0.2, -0.15) is 0 Å². The first kappa shape index (κ1) is 22.1. The highest BCUT2D eigenvalue weighted by Gasteiger charge is 2.66. The molecule has 0 spiro atoms. The summed E-state index contributed by atoms with van der Waals surface area (Å²) in [5.41, 5.74) is 1.44. The summed E-state index contributed by atoms with van der Waals surface area (Å²) in [7, 11) is 0. The van der Waals surface area contributed by atoms with Crippen LogP contribution in [0.1, 0.15) is 37.8 Å². The van der Waals surface area contributed by atoms with Gasteiger partial charge in [-0.15, -0.1) is 0 Å². The van der Waals surface area contributed by atoms with E-state index < -0.39 is 5.54 Å². The van der Waals surface area contributed by atoms with Crippen molar-refractivity contribution in [1.82, 2.24) is 15.5 Å². The second-order valence-electron chi connectivity index (χ2n) is 10.6. The fourth-order valence-electron chi connectivity index (χ4n) is 6.67. The van der Waals surface area contributed by atoms with Crippen LogP contribution in [0.5, 0.6) is 0 Å².